The van der Waals surface area contributed by atoms with Crippen LogP contribution in [0.2, 0.25) is 0 Å². The van der Waals surface area contributed by atoms with Crippen molar-refractivity contribution in [3.05, 3.63) is 45.8 Å². The summed E-state index contributed by atoms with van der Waals surface area (Å²) in [5, 5.41) is 3.77. The van der Waals surface area contributed by atoms with Crippen LogP contribution in [-0.4, -0.2) is 16.8 Å². The van der Waals surface area contributed by atoms with Gasteiger partial charge in [-0.05, 0) is 25.1 Å². The number of ketones is 1. The summed E-state index contributed by atoms with van der Waals surface area (Å²) in [5.41, 5.74) is 1.76. The van der Waals surface area contributed by atoms with Crippen molar-refractivity contribution in [3.63, 3.8) is 0 Å². The highest BCUT2D eigenvalue weighted by Crippen LogP contribution is 2.32. The summed E-state index contributed by atoms with van der Waals surface area (Å²) in [6.45, 7) is 2.01. The monoisotopic (exact) mass is 320 g/mol. The van der Waals surface area contributed by atoms with Crippen LogP contribution in [0.1, 0.15) is 21.8 Å². The number of fused-ring (bicyclic) bond motifs is 1. The van der Waals surface area contributed by atoms with Gasteiger partial charge < -0.3 is 4.52 Å². The van der Waals surface area contributed by atoms with E-state index in [1.165, 1.54) is 4.90 Å². The third-order valence-electron chi connectivity index (χ3n) is 2.92. The van der Waals surface area contributed by atoms with Gasteiger partial charge in [-0.3, -0.25) is 14.5 Å². The first-order chi connectivity index (χ1) is 9.06. The predicted octanol–water partition coefficient (Wildman–Crippen LogP) is 2.48. The summed E-state index contributed by atoms with van der Waals surface area (Å²) >= 11 is 3.29. The average molecular weight is 321 g/mol. The van der Waals surface area contributed by atoms with E-state index in [1.54, 1.807) is 31.2 Å². The Kier molecular flexibility index (Phi) is 2.74. The van der Waals surface area contributed by atoms with Crippen molar-refractivity contribution in [1.29, 1.82) is 0 Å². The van der Waals surface area contributed by atoms with Gasteiger partial charge in [0.25, 0.3) is 11.7 Å². The van der Waals surface area contributed by atoms with Crippen LogP contribution in [0.15, 0.2) is 33.3 Å². The zero-order chi connectivity index (χ0) is 13.6. The molecular weight excluding hydrogens is 312 g/mol. The smallest absolute Gasteiger partial charge is 0.299 e. The van der Waals surface area contributed by atoms with Crippen molar-refractivity contribution < 1.29 is 14.1 Å². The number of aromatic nitrogens is 1. The van der Waals surface area contributed by atoms with E-state index in [1.807, 2.05) is 0 Å². The highest BCUT2D eigenvalue weighted by Gasteiger charge is 2.36. The molecule has 2 heterocycles. The first-order valence-electron chi connectivity index (χ1n) is 5.64. The van der Waals surface area contributed by atoms with Crippen LogP contribution in [0.25, 0.3) is 0 Å². The molecule has 0 N–H and O–H groups in total. The number of anilines is 1. The third kappa shape index (κ3) is 1.98. The van der Waals surface area contributed by atoms with Crippen molar-refractivity contribution in [2.24, 2.45) is 0 Å². The number of benzene rings is 1. The van der Waals surface area contributed by atoms with Gasteiger partial charge in [-0.2, -0.15) is 0 Å². The Morgan fingerprint density at radius 3 is 2.79 bits per heavy atom. The minimum atomic E-state index is -0.540. The third-order valence-corrected chi connectivity index (χ3v) is 3.42. The molecule has 1 aliphatic rings. The molecule has 6 heteroatoms. The van der Waals surface area contributed by atoms with Crippen LogP contribution >= 0.6 is 15.9 Å². The molecule has 5 nitrogen and oxygen atoms in total. The maximum atomic E-state index is 12.0. The van der Waals surface area contributed by atoms with Gasteiger partial charge in [-0.15, -0.1) is 0 Å². The van der Waals surface area contributed by atoms with E-state index in [-0.39, 0.29) is 6.54 Å². The molecule has 19 heavy (non-hydrogen) atoms. The van der Waals surface area contributed by atoms with Crippen molar-refractivity contribution in [2.75, 3.05) is 4.90 Å². The van der Waals surface area contributed by atoms with E-state index < -0.39 is 11.7 Å². The molecule has 0 unspecified atom stereocenters. The van der Waals surface area contributed by atoms with Gasteiger partial charge in [-0.25, -0.2) is 0 Å². The van der Waals surface area contributed by atoms with Crippen molar-refractivity contribution in [2.45, 2.75) is 13.5 Å². The van der Waals surface area contributed by atoms with E-state index >= 15 is 0 Å². The molecule has 0 spiro atoms. The second kappa shape index (κ2) is 4.31. The molecule has 1 aromatic heterocycles. The number of nitrogens with zero attached hydrogens (tertiary/aromatic N) is 2. The summed E-state index contributed by atoms with van der Waals surface area (Å²) in [6, 6.07) is 6.94. The van der Waals surface area contributed by atoms with Gasteiger partial charge in [0.2, 0.25) is 0 Å². The number of aryl methyl sites for hydroxylation is 1. The normalized spacial score (nSPS) is 14.1. The second-order valence-electron chi connectivity index (χ2n) is 4.32. The number of carbonyl (C=O) groups is 2. The zero-order valence-electron chi connectivity index (χ0n) is 10.0. The summed E-state index contributed by atoms with van der Waals surface area (Å²) in [6.07, 6.45) is 0. The molecule has 3 rings (SSSR count). The topological polar surface area (TPSA) is 63.4 Å². The minimum absolute atomic E-state index is 0.208. The van der Waals surface area contributed by atoms with Crippen LogP contribution in [0, 0.1) is 6.92 Å². The molecule has 1 amide bonds. The Bertz CT molecular complexity index is 693. The lowest BCUT2D eigenvalue weighted by Gasteiger charge is -2.14. The van der Waals surface area contributed by atoms with Gasteiger partial charge >= 0.3 is 0 Å². The maximum Gasteiger partial charge on any atom is 0.299 e. The number of carbonyl (C=O) groups excluding carboxylic acids is 2. The van der Waals surface area contributed by atoms with Crippen LogP contribution in [-0.2, 0) is 11.3 Å². The van der Waals surface area contributed by atoms with Gasteiger partial charge in [0.05, 0.1) is 23.5 Å². The fourth-order valence-corrected chi connectivity index (χ4v) is 2.44. The van der Waals surface area contributed by atoms with Crippen molar-refractivity contribution in [3.8, 4) is 0 Å². The molecule has 0 fully saturated rings. The van der Waals surface area contributed by atoms with Crippen LogP contribution in [0.3, 0.4) is 0 Å². The standard InChI is InChI=1S/C13H9BrN2O3/c1-7-4-9(19-15-7)6-16-11-3-2-8(14)5-10(11)12(17)13(16)18/h2-5H,6H2,1H3. The van der Waals surface area contributed by atoms with E-state index in [0.29, 0.717) is 17.0 Å². The molecule has 0 saturated carbocycles. The number of hydrogen-bond donors (Lipinski definition) is 0. The molecule has 0 atom stereocenters. The molecule has 1 aliphatic heterocycles. The Labute approximate surface area is 117 Å². The Morgan fingerprint density at radius 1 is 1.32 bits per heavy atom. The summed E-state index contributed by atoms with van der Waals surface area (Å²) in [4.78, 5) is 25.3. The molecule has 96 valence electrons. The minimum Gasteiger partial charge on any atom is -0.359 e. The second-order valence-corrected chi connectivity index (χ2v) is 5.23. The van der Waals surface area contributed by atoms with Crippen molar-refractivity contribution >= 4 is 33.3 Å². The highest BCUT2D eigenvalue weighted by atomic mass is 79.9. The van der Waals surface area contributed by atoms with Gasteiger partial charge in [0.15, 0.2) is 5.76 Å². The lowest BCUT2D eigenvalue weighted by Crippen LogP contribution is -2.28. The molecule has 0 aliphatic carbocycles. The molecule has 2 aromatic rings. The van der Waals surface area contributed by atoms with E-state index in [9.17, 15) is 9.59 Å². The van der Waals surface area contributed by atoms with Crippen LogP contribution < -0.4 is 4.90 Å². The lowest BCUT2D eigenvalue weighted by atomic mass is 10.1. The molecule has 0 bridgehead atoms. The maximum absolute atomic E-state index is 12.0. The van der Waals surface area contributed by atoms with Gasteiger partial charge in [0, 0.05) is 10.5 Å². The fourth-order valence-electron chi connectivity index (χ4n) is 2.08. The Hall–Kier alpha value is -1.95. The summed E-state index contributed by atoms with van der Waals surface area (Å²) in [7, 11) is 0. The zero-order valence-corrected chi connectivity index (χ0v) is 11.6. The average Bonchev–Trinajstić information content (AvgIpc) is 2.88. The van der Waals surface area contributed by atoms with Crippen LogP contribution in [0.4, 0.5) is 5.69 Å². The largest absolute Gasteiger partial charge is 0.359 e. The molecule has 0 radical (unpaired) electrons. The molecule has 0 saturated heterocycles. The number of amides is 1. The first-order valence-corrected chi connectivity index (χ1v) is 6.43. The predicted molar refractivity (Wildman–Crippen MR) is 70.9 cm³/mol. The summed E-state index contributed by atoms with van der Waals surface area (Å²) < 4.78 is 5.85. The summed E-state index contributed by atoms with van der Waals surface area (Å²) in [5.74, 6) is -0.482. The number of halogens is 1. The van der Waals surface area contributed by atoms with Crippen molar-refractivity contribution in [1.82, 2.24) is 5.16 Å². The fraction of sp³-hybridized carbons (Fsp3) is 0.154. The van der Waals surface area contributed by atoms with E-state index in [0.717, 1.165) is 10.2 Å². The first kappa shape index (κ1) is 12.1. The van der Waals surface area contributed by atoms with E-state index in [2.05, 4.69) is 21.1 Å². The Balaban J connectivity index is 1.99. The van der Waals surface area contributed by atoms with E-state index in [4.69, 9.17) is 4.52 Å². The van der Waals surface area contributed by atoms with Gasteiger partial charge in [-0.1, -0.05) is 21.1 Å². The number of rotatable bonds is 2. The van der Waals surface area contributed by atoms with Gasteiger partial charge in [0.1, 0.15) is 0 Å². The quantitative estimate of drug-likeness (QED) is 0.797. The highest BCUT2D eigenvalue weighted by molar-refractivity contribution is 9.10. The number of Topliss-reactive ketones (excluding diaryl/α,β-unsaturated/α-hetero) is 1. The lowest BCUT2D eigenvalue weighted by molar-refractivity contribution is -0.114. The molecule has 1 aromatic carbocycles. The molecular formula is C13H9BrN2O3. The SMILES string of the molecule is Cc1cc(CN2C(=O)C(=O)c3cc(Br)ccc32)on1. The van der Waals surface area contributed by atoms with Crippen LogP contribution in [0.5, 0.6) is 0 Å². The Morgan fingerprint density at radius 2 is 2.11 bits per heavy atom. The number of hydrogen-bond acceptors (Lipinski definition) is 4.